The van der Waals surface area contributed by atoms with Gasteiger partial charge in [-0.15, -0.1) is 6.58 Å². The van der Waals surface area contributed by atoms with Crippen LogP contribution in [0, 0.1) is 0 Å². The van der Waals surface area contributed by atoms with Crippen molar-refractivity contribution in [1.82, 2.24) is 9.80 Å². The van der Waals surface area contributed by atoms with Crippen molar-refractivity contribution in [2.45, 2.75) is 38.3 Å². The van der Waals surface area contributed by atoms with Gasteiger partial charge in [0.25, 0.3) is 0 Å². The number of amides is 1. The Morgan fingerprint density at radius 3 is 2.83 bits per heavy atom. The van der Waals surface area contributed by atoms with Gasteiger partial charge in [-0.25, -0.2) is 0 Å². The fraction of sp³-hybridized carbons (Fsp3) is 0.692. The maximum Gasteiger partial charge on any atom is 0.303 e. The van der Waals surface area contributed by atoms with Crippen LogP contribution < -0.4 is 0 Å². The quantitative estimate of drug-likeness (QED) is 0.742. The van der Waals surface area contributed by atoms with Gasteiger partial charge in [0.15, 0.2) is 0 Å². The van der Waals surface area contributed by atoms with Gasteiger partial charge in [-0.1, -0.05) is 6.08 Å². The molecule has 0 aliphatic carbocycles. The van der Waals surface area contributed by atoms with E-state index in [2.05, 4.69) is 6.58 Å². The third kappa shape index (κ3) is 3.57. The van der Waals surface area contributed by atoms with E-state index in [1.807, 2.05) is 11.8 Å². The first-order chi connectivity index (χ1) is 8.47. The molecule has 0 aromatic rings. The van der Waals surface area contributed by atoms with Crippen molar-refractivity contribution in [2.75, 3.05) is 20.1 Å². The van der Waals surface area contributed by atoms with E-state index in [0.29, 0.717) is 13.0 Å². The molecule has 1 aliphatic heterocycles. The average molecular weight is 254 g/mol. The van der Waals surface area contributed by atoms with Crippen molar-refractivity contribution < 1.29 is 14.7 Å². The van der Waals surface area contributed by atoms with E-state index in [1.165, 1.54) is 0 Å². The van der Waals surface area contributed by atoms with Crippen LogP contribution in [0.15, 0.2) is 12.7 Å². The minimum Gasteiger partial charge on any atom is -0.481 e. The molecular weight excluding hydrogens is 232 g/mol. The minimum atomic E-state index is -0.860. The second kappa shape index (κ2) is 6.54. The molecule has 1 amide bonds. The average Bonchev–Trinajstić information content (AvgIpc) is 2.41. The Kier molecular flexibility index (Phi) is 5.34. The summed E-state index contributed by atoms with van der Waals surface area (Å²) in [5.74, 6) is -0.843. The van der Waals surface area contributed by atoms with Crippen LogP contribution >= 0.6 is 0 Å². The molecule has 1 fully saturated rings. The molecule has 1 heterocycles. The normalized spacial score (nSPS) is 25.9. The summed E-state index contributed by atoms with van der Waals surface area (Å²) in [4.78, 5) is 26.7. The van der Waals surface area contributed by atoms with Gasteiger partial charge in [0, 0.05) is 32.6 Å². The molecule has 0 bridgehead atoms. The fourth-order valence-electron chi connectivity index (χ4n) is 2.26. The van der Waals surface area contributed by atoms with Crippen LogP contribution in [0.3, 0.4) is 0 Å². The Balaban J connectivity index is 2.83. The molecule has 5 nitrogen and oxygen atoms in total. The summed E-state index contributed by atoms with van der Waals surface area (Å²) in [6.07, 6.45) is 3.04. The maximum absolute atomic E-state index is 12.3. The summed E-state index contributed by atoms with van der Waals surface area (Å²) in [6.45, 7) is 7.13. The molecule has 1 rings (SSSR count). The monoisotopic (exact) mass is 254 g/mol. The van der Waals surface area contributed by atoms with Gasteiger partial charge in [0.2, 0.25) is 5.91 Å². The molecule has 2 atom stereocenters. The van der Waals surface area contributed by atoms with E-state index in [0.717, 1.165) is 13.0 Å². The lowest BCUT2D eigenvalue weighted by Gasteiger charge is -2.29. The number of aliphatic carboxylic acids is 1. The van der Waals surface area contributed by atoms with E-state index in [4.69, 9.17) is 5.11 Å². The zero-order valence-corrected chi connectivity index (χ0v) is 11.1. The molecule has 5 heteroatoms. The molecule has 1 N–H and O–H groups in total. The van der Waals surface area contributed by atoms with Gasteiger partial charge in [-0.3, -0.25) is 14.5 Å². The van der Waals surface area contributed by atoms with E-state index >= 15 is 0 Å². The molecule has 1 saturated heterocycles. The van der Waals surface area contributed by atoms with Crippen LogP contribution in [0.1, 0.15) is 26.2 Å². The van der Waals surface area contributed by atoms with Crippen molar-refractivity contribution in [3.63, 3.8) is 0 Å². The number of carbonyl (C=O) groups is 2. The number of hydrogen-bond acceptors (Lipinski definition) is 3. The Morgan fingerprint density at radius 1 is 1.61 bits per heavy atom. The van der Waals surface area contributed by atoms with Crippen LogP contribution in [-0.4, -0.2) is 59.0 Å². The Labute approximate surface area is 108 Å². The molecule has 0 saturated carbocycles. The lowest BCUT2D eigenvalue weighted by Crippen LogP contribution is -2.46. The van der Waals surface area contributed by atoms with Gasteiger partial charge >= 0.3 is 5.97 Å². The van der Waals surface area contributed by atoms with Crippen molar-refractivity contribution >= 4 is 11.9 Å². The van der Waals surface area contributed by atoms with Gasteiger partial charge in [0.05, 0.1) is 6.04 Å². The predicted molar refractivity (Wildman–Crippen MR) is 69.3 cm³/mol. The van der Waals surface area contributed by atoms with E-state index in [9.17, 15) is 9.59 Å². The molecule has 2 unspecified atom stereocenters. The lowest BCUT2D eigenvalue weighted by molar-refractivity contribution is -0.139. The largest absolute Gasteiger partial charge is 0.481 e. The van der Waals surface area contributed by atoms with Gasteiger partial charge in [-0.2, -0.15) is 0 Å². The first-order valence-electron chi connectivity index (χ1n) is 6.30. The SMILES string of the molecule is C=CCN1CCC(C)N(C)C(=O)C1CCC(=O)O. The highest BCUT2D eigenvalue weighted by Crippen LogP contribution is 2.18. The van der Waals surface area contributed by atoms with Crippen LogP contribution in [0.25, 0.3) is 0 Å². The first kappa shape index (κ1) is 14.7. The molecule has 1 aliphatic rings. The summed E-state index contributed by atoms with van der Waals surface area (Å²) in [5.41, 5.74) is 0. The number of carboxylic acid groups (broad SMARTS) is 1. The second-order valence-electron chi connectivity index (χ2n) is 4.82. The highest BCUT2D eigenvalue weighted by molar-refractivity contribution is 5.83. The van der Waals surface area contributed by atoms with E-state index in [-0.39, 0.29) is 24.4 Å². The number of hydrogen-bond donors (Lipinski definition) is 1. The fourth-order valence-corrected chi connectivity index (χ4v) is 2.26. The molecular formula is C13H22N2O3. The van der Waals surface area contributed by atoms with Crippen LogP contribution in [-0.2, 0) is 9.59 Å². The van der Waals surface area contributed by atoms with Gasteiger partial charge in [0.1, 0.15) is 0 Å². The predicted octanol–water partition coefficient (Wildman–Crippen LogP) is 0.958. The Bertz CT molecular complexity index is 330. The number of nitrogens with zero attached hydrogens (tertiary/aromatic N) is 2. The summed E-state index contributed by atoms with van der Waals surface area (Å²) in [5, 5.41) is 8.77. The standard InChI is InChI=1S/C13H22N2O3/c1-4-8-15-9-7-10(2)14(3)13(18)11(15)5-6-12(16)17/h4,10-11H,1,5-9H2,2-3H3,(H,16,17). The Morgan fingerprint density at radius 2 is 2.28 bits per heavy atom. The number of carbonyl (C=O) groups excluding carboxylic acids is 1. The zero-order valence-electron chi connectivity index (χ0n) is 11.1. The molecule has 102 valence electrons. The van der Waals surface area contributed by atoms with Gasteiger partial charge in [-0.05, 0) is 19.8 Å². The Hall–Kier alpha value is -1.36. The van der Waals surface area contributed by atoms with E-state index < -0.39 is 5.97 Å². The minimum absolute atomic E-state index is 0.0168. The van der Waals surface area contributed by atoms with Crippen molar-refractivity contribution in [2.24, 2.45) is 0 Å². The number of carboxylic acids is 1. The summed E-state index contributed by atoms with van der Waals surface area (Å²) in [7, 11) is 1.79. The highest BCUT2D eigenvalue weighted by atomic mass is 16.4. The number of rotatable bonds is 5. The lowest BCUT2D eigenvalue weighted by atomic mass is 10.1. The van der Waals surface area contributed by atoms with Crippen LogP contribution in [0.4, 0.5) is 0 Å². The molecule has 0 radical (unpaired) electrons. The molecule has 18 heavy (non-hydrogen) atoms. The number of likely N-dealkylation sites (N-methyl/N-ethyl adjacent to an activating group) is 1. The molecule has 0 aromatic heterocycles. The smallest absolute Gasteiger partial charge is 0.303 e. The highest BCUT2D eigenvalue weighted by Gasteiger charge is 2.33. The van der Waals surface area contributed by atoms with Crippen LogP contribution in [0.2, 0.25) is 0 Å². The summed E-state index contributed by atoms with van der Waals surface area (Å²) >= 11 is 0. The van der Waals surface area contributed by atoms with Crippen molar-refractivity contribution in [1.29, 1.82) is 0 Å². The zero-order chi connectivity index (χ0) is 13.7. The van der Waals surface area contributed by atoms with Crippen LogP contribution in [0.5, 0.6) is 0 Å². The third-order valence-corrected chi connectivity index (χ3v) is 3.56. The second-order valence-corrected chi connectivity index (χ2v) is 4.82. The summed E-state index contributed by atoms with van der Waals surface area (Å²) in [6, 6.07) is -0.145. The molecule has 0 aromatic carbocycles. The van der Waals surface area contributed by atoms with Crippen molar-refractivity contribution in [3.8, 4) is 0 Å². The van der Waals surface area contributed by atoms with Gasteiger partial charge < -0.3 is 10.0 Å². The maximum atomic E-state index is 12.3. The topological polar surface area (TPSA) is 60.9 Å². The third-order valence-electron chi connectivity index (χ3n) is 3.56. The van der Waals surface area contributed by atoms with Crippen molar-refractivity contribution in [3.05, 3.63) is 12.7 Å². The molecule has 0 spiro atoms. The summed E-state index contributed by atoms with van der Waals surface area (Å²) < 4.78 is 0. The first-order valence-corrected chi connectivity index (χ1v) is 6.30. The van der Waals surface area contributed by atoms with E-state index in [1.54, 1.807) is 18.0 Å².